The first-order valence-electron chi connectivity index (χ1n) is 5.93. The Kier molecular flexibility index (Phi) is 3.00. The Hall–Kier alpha value is -1.29. The summed E-state index contributed by atoms with van der Waals surface area (Å²) in [6.07, 6.45) is 3.73. The van der Waals surface area contributed by atoms with Gasteiger partial charge in [0.25, 0.3) is 0 Å². The maximum atomic E-state index is 14.1. The first-order chi connectivity index (χ1) is 8.02. The third-order valence-corrected chi connectivity index (χ3v) is 3.93. The van der Waals surface area contributed by atoms with Crippen LogP contribution in [0.25, 0.3) is 0 Å². The molecule has 1 aliphatic carbocycles. The second kappa shape index (κ2) is 4.18. The van der Waals surface area contributed by atoms with E-state index in [0.717, 1.165) is 25.7 Å². The Morgan fingerprint density at radius 3 is 2.41 bits per heavy atom. The van der Waals surface area contributed by atoms with Crippen LogP contribution in [0.3, 0.4) is 0 Å². The molecule has 2 rings (SSSR count). The lowest BCUT2D eigenvalue weighted by atomic mass is 9.78. The number of hydrogen-bond donors (Lipinski definition) is 3. The van der Waals surface area contributed by atoms with Crippen molar-refractivity contribution in [3.05, 3.63) is 23.0 Å². The van der Waals surface area contributed by atoms with Gasteiger partial charge in [0.05, 0.1) is 0 Å². The highest BCUT2D eigenvalue weighted by Gasteiger charge is 2.38. The van der Waals surface area contributed by atoms with Crippen LogP contribution in [-0.4, -0.2) is 16.8 Å². The topological polar surface area (TPSA) is 66.5 Å². The van der Waals surface area contributed by atoms with Gasteiger partial charge in [0.15, 0.2) is 17.3 Å². The highest BCUT2D eigenvalue weighted by molar-refractivity contribution is 5.50. The van der Waals surface area contributed by atoms with Crippen molar-refractivity contribution in [2.45, 2.75) is 38.0 Å². The van der Waals surface area contributed by atoms with Crippen LogP contribution >= 0.6 is 0 Å². The van der Waals surface area contributed by atoms with E-state index in [2.05, 4.69) is 0 Å². The molecular weight excluding hydrogens is 221 g/mol. The Labute approximate surface area is 100 Å². The Morgan fingerprint density at radius 2 is 1.88 bits per heavy atom. The van der Waals surface area contributed by atoms with Crippen molar-refractivity contribution in [1.82, 2.24) is 0 Å². The van der Waals surface area contributed by atoms with E-state index in [-0.39, 0.29) is 11.2 Å². The summed E-state index contributed by atoms with van der Waals surface area (Å²) in [6.45, 7) is 2.02. The molecule has 1 fully saturated rings. The number of aromatic hydroxyl groups is 2. The molecule has 3 nitrogen and oxygen atoms in total. The van der Waals surface area contributed by atoms with Crippen LogP contribution < -0.4 is 5.73 Å². The van der Waals surface area contributed by atoms with Gasteiger partial charge in [-0.1, -0.05) is 12.8 Å². The fourth-order valence-corrected chi connectivity index (χ4v) is 2.79. The molecule has 0 aliphatic heterocycles. The zero-order valence-electron chi connectivity index (χ0n) is 9.96. The van der Waals surface area contributed by atoms with Gasteiger partial charge in [-0.3, -0.25) is 0 Å². The number of nitrogens with two attached hydrogens (primary N) is 1. The molecule has 1 aliphatic rings. The van der Waals surface area contributed by atoms with Crippen LogP contribution in [0.1, 0.15) is 36.8 Å². The molecule has 0 atom stereocenters. The number of halogens is 1. The SMILES string of the molecule is Cc1cc(C2(CN)CCCC2)c(F)c(O)c1O. The lowest BCUT2D eigenvalue weighted by molar-refractivity contribution is 0.359. The van der Waals surface area contributed by atoms with Crippen LogP contribution in [0.5, 0.6) is 11.5 Å². The minimum absolute atomic E-state index is 0.369. The smallest absolute Gasteiger partial charge is 0.194 e. The van der Waals surface area contributed by atoms with Crippen LogP contribution in [0.15, 0.2) is 6.07 Å². The van der Waals surface area contributed by atoms with Crippen molar-refractivity contribution < 1.29 is 14.6 Å². The molecule has 0 unspecified atom stereocenters. The van der Waals surface area contributed by atoms with Gasteiger partial charge < -0.3 is 15.9 Å². The maximum absolute atomic E-state index is 14.1. The third-order valence-electron chi connectivity index (χ3n) is 3.93. The van der Waals surface area contributed by atoms with Crippen molar-refractivity contribution in [3.8, 4) is 11.5 Å². The molecule has 0 heterocycles. The third kappa shape index (κ3) is 1.76. The van der Waals surface area contributed by atoms with E-state index in [1.807, 2.05) is 0 Å². The summed E-state index contributed by atoms with van der Waals surface area (Å²) in [6, 6.07) is 1.61. The van der Waals surface area contributed by atoms with Crippen molar-refractivity contribution in [3.63, 3.8) is 0 Å². The molecule has 4 N–H and O–H groups in total. The quantitative estimate of drug-likeness (QED) is 0.694. The molecule has 0 radical (unpaired) electrons. The lowest BCUT2D eigenvalue weighted by Gasteiger charge is -2.29. The monoisotopic (exact) mass is 239 g/mol. The van der Waals surface area contributed by atoms with Gasteiger partial charge in [0.2, 0.25) is 0 Å². The Morgan fingerprint density at radius 1 is 1.29 bits per heavy atom. The molecule has 0 spiro atoms. The Balaban J connectivity index is 2.59. The van der Waals surface area contributed by atoms with Crippen molar-refractivity contribution in [1.29, 1.82) is 0 Å². The lowest BCUT2D eigenvalue weighted by Crippen LogP contribution is -2.33. The van der Waals surface area contributed by atoms with Crippen LogP contribution in [-0.2, 0) is 5.41 Å². The van der Waals surface area contributed by atoms with Crippen LogP contribution in [0.2, 0.25) is 0 Å². The standard InChI is InChI=1S/C13H18FNO2/c1-8-6-9(10(14)12(17)11(8)16)13(7-15)4-2-3-5-13/h6,16-17H,2-5,7,15H2,1H3. The summed E-state index contributed by atoms with van der Waals surface area (Å²) < 4.78 is 14.1. The first kappa shape index (κ1) is 12.2. The summed E-state index contributed by atoms with van der Waals surface area (Å²) in [7, 11) is 0. The van der Waals surface area contributed by atoms with Gasteiger partial charge in [-0.15, -0.1) is 0 Å². The average Bonchev–Trinajstić information content (AvgIpc) is 2.81. The predicted octanol–water partition coefficient (Wildman–Crippen LogP) is 2.32. The van der Waals surface area contributed by atoms with Gasteiger partial charge in [0, 0.05) is 12.0 Å². The molecule has 1 aromatic carbocycles. The minimum atomic E-state index is -0.722. The molecule has 1 saturated carbocycles. The van der Waals surface area contributed by atoms with E-state index >= 15 is 0 Å². The van der Waals surface area contributed by atoms with Gasteiger partial charge >= 0.3 is 0 Å². The van der Waals surface area contributed by atoms with E-state index in [9.17, 15) is 14.6 Å². The number of rotatable bonds is 2. The number of phenols is 2. The number of phenolic OH excluding ortho intramolecular Hbond substituents is 2. The molecule has 17 heavy (non-hydrogen) atoms. The first-order valence-corrected chi connectivity index (χ1v) is 5.93. The molecule has 94 valence electrons. The fourth-order valence-electron chi connectivity index (χ4n) is 2.79. The van der Waals surface area contributed by atoms with Gasteiger partial charge in [-0.2, -0.15) is 0 Å². The largest absolute Gasteiger partial charge is 0.504 e. The molecular formula is C13H18FNO2. The molecule has 0 saturated heterocycles. The summed E-state index contributed by atoms with van der Waals surface area (Å²) in [5.74, 6) is -1.75. The maximum Gasteiger partial charge on any atom is 0.194 e. The van der Waals surface area contributed by atoms with E-state index < -0.39 is 11.6 Å². The summed E-state index contributed by atoms with van der Waals surface area (Å²) in [5.41, 5.74) is 6.36. The number of aryl methyl sites for hydroxylation is 1. The van der Waals surface area contributed by atoms with E-state index in [1.165, 1.54) is 0 Å². The molecule has 4 heteroatoms. The molecule has 0 bridgehead atoms. The van der Waals surface area contributed by atoms with Gasteiger partial charge in [-0.05, 0) is 37.0 Å². The van der Waals surface area contributed by atoms with Crippen molar-refractivity contribution in [2.75, 3.05) is 6.54 Å². The summed E-state index contributed by atoms with van der Waals surface area (Å²) in [4.78, 5) is 0. The zero-order valence-corrected chi connectivity index (χ0v) is 9.96. The average molecular weight is 239 g/mol. The van der Waals surface area contributed by atoms with Crippen molar-refractivity contribution >= 4 is 0 Å². The zero-order chi connectivity index (χ0) is 12.6. The number of benzene rings is 1. The van der Waals surface area contributed by atoms with E-state index in [0.29, 0.717) is 17.7 Å². The molecule has 1 aromatic rings. The van der Waals surface area contributed by atoms with E-state index in [4.69, 9.17) is 5.73 Å². The highest BCUT2D eigenvalue weighted by Crippen LogP contribution is 2.45. The Bertz CT molecular complexity index is 440. The predicted molar refractivity (Wildman–Crippen MR) is 63.7 cm³/mol. The summed E-state index contributed by atoms with van der Waals surface area (Å²) >= 11 is 0. The normalized spacial score (nSPS) is 18.5. The number of hydrogen-bond acceptors (Lipinski definition) is 3. The van der Waals surface area contributed by atoms with Crippen LogP contribution in [0, 0.1) is 12.7 Å². The highest BCUT2D eigenvalue weighted by atomic mass is 19.1. The summed E-state index contributed by atoms with van der Waals surface area (Å²) in [5, 5.41) is 19.1. The van der Waals surface area contributed by atoms with Crippen molar-refractivity contribution in [2.24, 2.45) is 5.73 Å². The minimum Gasteiger partial charge on any atom is -0.504 e. The second-order valence-electron chi connectivity index (χ2n) is 4.94. The molecule has 0 amide bonds. The van der Waals surface area contributed by atoms with Gasteiger partial charge in [-0.25, -0.2) is 4.39 Å². The van der Waals surface area contributed by atoms with E-state index in [1.54, 1.807) is 13.0 Å². The second-order valence-corrected chi connectivity index (χ2v) is 4.94. The van der Waals surface area contributed by atoms with Crippen LogP contribution in [0.4, 0.5) is 4.39 Å². The van der Waals surface area contributed by atoms with Gasteiger partial charge in [0.1, 0.15) is 0 Å². The fraction of sp³-hybridized carbons (Fsp3) is 0.538. The molecule has 0 aromatic heterocycles.